The van der Waals surface area contributed by atoms with Crippen molar-refractivity contribution in [1.29, 1.82) is 0 Å². The molecule has 1 saturated heterocycles. The van der Waals surface area contributed by atoms with Gasteiger partial charge in [-0.05, 0) is 48.1 Å². The molecule has 2 atom stereocenters. The van der Waals surface area contributed by atoms with Gasteiger partial charge in [0.25, 0.3) is 0 Å². The highest BCUT2D eigenvalue weighted by atomic mass is 32.2. The standard InChI is InChI=1S/C22H26O3S2/c1-24-22(23)21-20(25-21)18-13-7-8-14-19(18)27-16-10-3-2-9-15-26-17-11-5-4-6-12-17/h4-8,11-14,20-21H,2-3,9-10,15-16H2,1H3/t20?,21-/m1/s1. The Morgan fingerprint density at radius 3 is 2.33 bits per heavy atom. The number of epoxide rings is 1. The minimum atomic E-state index is -0.432. The maximum atomic E-state index is 11.6. The largest absolute Gasteiger partial charge is 0.467 e. The van der Waals surface area contributed by atoms with E-state index in [1.54, 1.807) is 0 Å². The van der Waals surface area contributed by atoms with E-state index in [9.17, 15) is 4.79 Å². The van der Waals surface area contributed by atoms with Crippen LogP contribution >= 0.6 is 23.5 Å². The van der Waals surface area contributed by atoms with E-state index < -0.39 is 6.10 Å². The van der Waals surface area contributed by atoms with Gasteiger partial charge in [0.1, 0.15) is 6.10 Å². The average molecular weight is 403 g/mol. The van der Waals surface area contributed by atoms with E-state index >= 15 is 0 Å². The van der Waals surface area contributed by atoms with E-state index in [0.717, 1.165) is 11.3 Å². The molecule has 3 nitrogen and oxygen atoms in total. The topological polar surface area (TPSA) is 38.8 Å². The van der Waals surface area contributed by atoms with Gasteiger partial charge in [-0.25, -0.2) is 4.79 Å². The molecule has 5 heteroatoms. The summed E-state index contributed by atoms with van der Waals surface area (Å²) in [5.74, 6) is 2.00. The first-order valence-electron chi connectivity index (χ1n) is 9.42. The molecule has 1 unspecified atom stereocenters. The molecule has 2 aromatic rings. The molecular weight excluding hydrogens is 376 g/mol. The zero-order chi connectivity index (χ0) is 18.9. The van der Waals surface area contributed by atoms with Gasteiger partial charge in [0, 0.05) is 9.79 Å². The quantitative estimate of drug-likeness (QED) is 0.207. The van der Waals surface area contributed by atoms with Crippen molar-refractivity contribution >= 4 is 29.5 Å². The lowest BCUT2D eigenvalue weighted by atomic mass is 10.1. The van der Waals surface area contributed by atoms with Crippen LogP contribution in [-0.4, -0.2) is 30.7 Å². The monoisotopic (exact) mass is 402 g/mol. The van der Waals surface area contributed by atoms with E-state index in [4.69, 9.17) is 9.47 Å². The fraction of sp³-hybridized carbons (Fsp3) is 0.409. The maximum absolute atomic E-state index is 11.6. The molecule has 0 aliphatic carbocycles. The van der Waals surface area contributed by atoms with Gasteiger partial charge in [-0.15, -0.1) is 23.5 Å². The van der Waals surface area contributed by atoms with Crippen LogP contribution in [0.2, 0.25) is 0 Å². The Morgan fingerprint density at radius 1 is 0.926 bits per heavy atom. The molecule has 3 rings (SSSR count). The van der Waals surface area contributed by atoms with Gasteiger partial charge in [0.15, 0.2) is 6.10 Å². The summed E-state index contributed by atoms with van der Waals surface area (Å²) in [6.45, 7) is 0. The number of unbranched alkanes of at least 4 members (excludes halogenated alkanes) is 3. The smallest absolute Gasteiger partial charge is 0.338 e. The van der Waals surface area contributed by atoms with Crippen molar-refractivity contribution in [2.24, 2.45) is 0 Å². The first-order valence-corrected chi connectivity index (χ1v) is 11.4. The van der Waals surface area contributed by atoms with Crippen LogP contribution in [0.1, 0.15) is 37.4 Å². The maximum Gasteiger partial charge on any atom is 0.338 e. The molecule has 0 bridgehead atoms. The minimum Gasteiger partial charge on any atom is -0.467 e. The summed E-state index contributed by atoms with van der Waals surface area (Å²) in [5, 5.41) is 0. The van der Waals surface area contributed by atoms with E-state index in [1.807, 2.05) is 35.7 Å². The molecule has 1 aliphatic rings. The molecule has 0 amide bonds. The van der Waals surface area contributed by atoms with Gasteiger partial charge in [0.05, 0.1) is 7.11 Å². The van der Waals surface area contributed by atoms with Gasteiger partial charge < -0.3 is 9.47 Å². The van der Waals surface area contributed by atoms with Crippen molar-refractivity contribution in [1.82, 2.24) is 0 Å². The fourth-order valence-electron chi connectivity index (χ4n) is 2.94. The molecule has 0 aromatic heterocycles. The number of hydrogen-bond donors (Lipinski definition) is 0. The number of hydrogen-bond acceptors (Lipinski definition) is 5. The molecule has 144 valence electrons. The average Bonchev–Trinajstić information content (AvgIpc) is 3.51. The number of rotatable bonds is 11. The molecular formula is C22H26O3S2. The van der Waals surface area contributed by atoms with Crippen LogP contribution in [0.5, 0.6) is 0 Å². The van der Waals surface area contributed by atoms with Crippen LogP contribution in [0, 0.1) is 0 Å². The number of methoxy groups -OCH3 is 1. The van der Waals surface area contributed by atoms with Crippen LogP contribution in [0.15, 0.2) is 64.4 Å². The Labute approximate surface area is 170 Å². The zero-order valence-electron chi connectivity index (χ0n) is 15.6. The molecule has 0 saturated carbocycles. The van der Waals surface area contributed by atoms with Crippen molar-refractivity contribution in [2.45, 2.75) is 47.7 Å². The van der Waals surface area contributed by atoms with Gasteiger partial charge >= 0.3 is 5.97 Å². The number of thioether (sulfide) groups is 2. The van der Waals surface area contributed by atoms with Crippen LogP contribution in [-0.2, 0) is 14.3 Å². The predicted molar refractivity (Wildman–Crippen MR) is 112 cm³/mol. The van der Waals surface area contributed by atoms with Gasteiger partial charge in [-0.1, -0.05) is 49.2 Å². The summed E-state index contributed by atoms with van der Waals surface area (Å²) >= 11 is 3.80. The van der Waals surface area contributed by atoms with Crippen LogP contribution in [0.3, 0.4) is 0 Å². The number of ether oxygens (including phenoxy) is 2. The minimum absolute atomic E-state index is 0.142. The number of carbonyl (C=O) groups is 1. The fourth-order valence-corrected chi connectivity index (χ4v) is 4.97. The molecule has 2 aromatic carbocycles. The number of benzene rings is 2. The third-order valence-corrected chi connectivity index (χ3v) is 6.73. The first-order chi connectivity index (χ1) is 13.3. The lowest BCUT2D eigenvalue weighted by Gasteiger charge is -2.07. The highest BCUT2D eigenvalue weighted by molar-refractivity contribution is 7.99. The number of esters is 1. The third kappa shape index (κ3) is 6.30. The second-order valence-electron chi connectivity index (χ2n) is 6.46. The third-order valence-electron chi connectivity index (χ3n) is 4.46. The molecule has 1 aliphatic heterocycles. The zero-order valence-corrected chi connectivity index (χ0v) is 17.3. The van der Waals surface area contributed by atoms with Crippen LogP contribution in [0.4, 0.5) is 0 Å². The van der Waals surface area contributed by atoms with Crippen molar-refractivity contribution in [2.75, 3.05) is 18.6 Å². The molecule has 27 heavy (non-hydrogen) atoms. The molecule has 0 N–H and O–H groups in total. The summed E-state index contributed by atoms with van der Waals surface area (Å²) in [6, 6.07) is 18.8. The highest BCUT2D eigenvalue weighted by Gasteiger charge is 2.48. The molecule has 0 spiro atoms. The first kappa shape index (κ1) is 20.3. The molecule has 1 fully saturated rings. The van der Waals surface area contributed by atoms with Gasteiger partial charge in [-0.2, -0.15) is 0 Å². The second-order valence-corrected chi connectivity index (χ2v) is 8.77. The summed E-state index contributed by atoms with van der Waals surface area (Å²) in [7, 11) is 1.40. The summed E-state index contributed by atoms with van der Waals surface area (Å²) in [4.78, 5) is 14.2. The Kier molecular flexibility index (Phi) is 8.11. The summed E-state index contributed by atoms with van der Waals surface area (Å²) in [5.41, 5.74) is 1.11. The van der Waals surface area contributed by atoms with Gasteiger partial charge in [-0.3, -0.25) is 0 Å². The highest BCUT2D eigenvalue weighted by Crippen LogP contribution is 2.43. The number of carbonyl (C=O) groups excluding carboxylic acids is 1. The molecule has 1 heterocycles. The summed E-state index contributed by atoms with van der Waals surface area (Å²) in [6.07, 6.45) is 4.43. The van der Waals surface area contributed by atoms with Crippen molar-refractivity contribution in [3.8, 4) is 0 Å². The van der Waals surface area contributed by atoms with Crippen molar-refractivity contribution < 1.29 is 14.3 Å². The van der Waals surface area contributed by atoms with E-state index in [0.29, 0.717) is 0 Å². The lowest BCUT2D eigenvalue weighted by molar-refractivity contribution is -0.142. The Bertz CT molecular complexity index is 721. The normalized spacial score (nSPS) is 18.3. The Hall–Kier alpha value is -1.43. The second kappa shape index (κ2) is 10.8. The Balaban J connectivity index is 1.31. The van der Waals surface area contributed by atoms with Crippen molar-refractivity contribution in [3.63, 3.8) is 0 Å². The summed E-state index contributed by atoms with van der Waals surface area (Å²) < 4.78 is 10.3. The van der Waals surface area contributed by atoms with Gasteiger partial charge in [0.2, 0.25) is 0 Å². The molecule has 0 radical (unpaired) electrons. The SMILES string of the molecule is COC(=O)[C@@H]1OC1c1ccccc1SCCCCCCSc1ccccc1. The Morgan fingerprint density at radius 2 is 1.59 bits per heavy atom. The predicted octanol–water partition coefficient (Wildman–Crippen LogP) is 5.74. The van der Waals surface area contributed by atoms with Crippen LogP contribution < -0.4 is 0 Å². The van der Waals surface area contributed by atoms with E-state index in [1.165, 1.54) is 48.3 Å². The van der Waals surface area contributed by atoms with E-state index in [2.05, 4.69) is 42.5 Å². The van der Waals surface area contributed by atoms with Crippen molar-refractivity contribution in [3.05, 3.63) is 60.2 Å². The van der Waals surface area contributed by atoms with E-state index in [-0.39, 0.29) is 12.1 Å². The lowest BCUT2D eigenvalue weighted by Crippen LogP contribution is -2.09. The van der Waals surface area contributed by atoms with Crippen LogP contribution in [0.25, 0.3) is 0 Å².